The molecule has 7 heteroatoms. The number of aryl methyl sites for hydroxylation is 2. The van der Waals surface area contributed by atoms with Crippen molar-refractivity contribution in [1.82, 2.24) is 4.98 Å². The third-order valence-corrected chi connectivity index (χ3v) is 3.33. The van der Waals surface area contributed by atoms with Crippen molar-refractivity contribution in [2.45, 2.75) is 13.8 Å². The number of aromatic carboxylic acids is 2. The van der Waals surface area contributed by atoms with Gasteiger partial charge in [-0.15, -0.1) is 0 Å². The van der Waals surface area contributed by atoms with Crippen molar-refractivity contribution in [3.05, 3.63) is 50.8 Å². The van der Waals surface area contributed by atoms with E-state index in [2.05, 4.69) is 4.98 Å². The molecular weight excluding hydrogens is 288 g/mol. The second-order valence-corrected chi connectivity index (χ2v) is 4.92. The molecule has 0 amide bonds. The molecule has 5 N–H and O–H groups in total. The van der Waals surface area contributed by atoms with E-state index in [0.717, 1.165) is 5.56 Å². The van der Waals surface area contributed by atoms with Gasteiger partial charge >= 0.3 is 11.9 Å². The maximum atomic E-state index is 11.9. The molecule has 2 rings (SSSR count). The van der Waals surface area contributed by atoms with E-state index < -0.39 is 28.6 Å². The molecule has 0 atom stereocenters. The Labute approximate surface area is 125 Å². The molecule has 7 nitrogen and oxygen atoms in total. The molecule has 22 heavy (non-hydrogen) atoms. The number of pyridine rings is 1. The molecule has 0 radical (unpaired) electrons. The molecule has 0 saturated carbocycles. The van der Waals surface area contributed by atoms with Crippen LogP contribution in [0.2, 0.25) is 0 Å². The fourth-order valence-electron chi connectivity index (χ4n) is 2.32. The number of hydrogen-bond acceptors (Lipinski definition) is 4. The summed E-state index contributed by atoms with van der Waals surface area (Å²) in [5, 5.41) is 18.7. The van der Waals surface area contributed by atoms with E-state index in [1.54, 1.807) is 32.0 Å². The van der Waals surface area contributed by atoms with Crippen molar-refractivity contribution in [2.24, 2.45) is 0 Å². The average Bonchev–Trinajstić information content (AvgIpc) is 2.39. The summed E-state index contributed by atoms with van der Waals surface area (Å²) in [5.41, 5.74) is 5.20. The van der Waals surface area contributed by atoms with Gasteiger partial charge < -0.3 is 20.9 Å². The van der Waals surface area contributed by atoms with E-state index in [4.69, 9.17) is 5.73 Å². The van der Waals surface area contributed by atoms with Gasteiger partial charge in [0.25, 0.3) is 5.56 Å². The number of carboxylic acid groups (broad SMARTS) is 2. The second-order valence-electron chi connectivity index (χ2n) is 4.92. The minimum atomic E-state index is -1.51. The van der Waals surface area contributed by atoms with Gasteiger partial charge in [0, 0.05) is 5.56 Å². The van der Waals surface area contributed by atoms with Gasteiger partial charge in [-0.1, -0.05) is 23.8 Å². The molecule has 0 spiro atoms. The topological polar surface area (TPSA) is 133 Å². The summed E-state index contributed by atoms with van der Waals surface area (Å²) < 4.78 is 0. The van der Waals surface area contributed by atoms with Crippen molar-refractivity contribution < 1.29 is 19.8 Å². The summed E-state index contributed by atoms with van der Waals surface area (Å²) in [7, 11) is 0. The fraction of sp³-hybridized carbons (Fsp3) is 0.133. The molecule has 114 valence electrons. The van der Waals surface area contributed by atoms with E-state index in [-0.39, 0.29) is 11.4 Å². The first-order valence-electron chi connectivity index (χ1n) is 6.34. The zero-order valence-electron chi connectivity index (χ0n) is 11.9. The Bertz CT molecular complexity index is 852. The van der Waals surface area contributed by atoms with Crippen LogP contribution in [0.15, 0.2) is 23.0 Å². The fourth-order valence-corrected chi connectivity index (χ4v) is 2.32. The first-order valence-corrected chi connectivity index (χ1v) is 6.34. The highest BCUT2D eigenvalue weighted by atomic mass is 16.4. The minimum absolute atomic E-state index is 0.178. The van der Waals surface area contributed by atoms with Crippen LogP contribution < -0.4 is 11.3 Å². The molecule has 0 fully saturated rings. The van der Waals surface area contributed by atoms with Crippen molar-refractivity contribution in [2.75, 3.05) is 5.73 Å². The molecule has 0 saturated heterocycles. The Hall–Kier alpha value is -3.09. The van der Waals surface area contributed by atoms with Crippen LogP contribution in [-0.4, -0.2) is 27.1 Å². The zero-order chi connectivity index (χ0) is 16.6. The highest BCUT2D eigenvalue weighted by Crippen LogP contribution is 2.32. The summed E-state index contributed by atoms with van der Waals surface area (Å²) in [5.74, 6) is -3.30. The molecule has 0 aliphatic heterocycles. The molecule has 0 bridgehead atoms. The maximum absolute atomic E-state index is 11.9. The molecule has 1 heterocycles. The van der Waals surface area contributed by atoms with Crippen molar-refractivity contribution >= 4 is 17.8 Å². The lowest BCUT2D eigenvalue weighted by atomic mass is 9.91. The van der Waals surface area contributed by atoms with Gasteiger partial charge in [-0.3, -0.25) is 4.79 Å². The maximum Gasteiger partial charge on any atom is 0.342 e. The number of hydrogen-bond donors (Lipinski definition) is 4. The largest absolute Gasteiger partial charge is 0.478 e. The average molecular weight is 302 g/mol. The molecule has 0 unspecified atom stereocenters. The van der Waals surface area contributed by atoms with Gasteiger partial charge in [-0.05, 0) is 25.0 Å². The molecule has 0 aliphatic carbocycles. The van der Waals surface area contributed by atoms with Crippen molar-refractivity contribution in [3.8, 4) is 11.1 Å². The Kier molecular flexibility index (Phi) is 3.73. The van der Waals surface area contributed by atoms with Crippen LogP contribution in [0.1, 0.15) is 31.8 Å². The SMILES string of the molecule is Cc1ccc(C)c(-c2c(C(=O)O)c(N)[nH]c(=O)c2C(=O)O)c1. The summed E-state index contributed by atoms with van der Waals surface area (Å²) in [6.07, 6.45) is 0. The molecule has 0 aliphatic rings. The van der Waals surface area contributed by atoms with Gasteiger partial charge in [0.2, 0.25) is 0 Å². The smallest absolute Gasteiger partial charge is 0.342 e. The molecule has 2 aromatic rings. The highest BCUT2D eigenvalue weighted by molar-refractivity contribution is 6.07. The van der Waals surface area contributed by atoms with Crippen molar-refractivity contribution in [3.63, 3.8) is 0 Å². The Morgan fingerprint density at radius 2 is 1.68 bits per heavy atom. The van der Waals surface area contributed by atoms with E-state index in [0.29, 0.717) is 11.1 Å². The van der Waals surface area contributed by atoms with Gasteiger partial charge in [0.1, 0.15) is 16.9 Å². The lowest BCUT2D eigenvalue weighted by molar-refractivity contribution is 0.0695. The number of nitrogens with two attached hydrogens (primary N) is 1. The number of aromatic nitrogens is 1. The van der Waals surface area contributed by atoms with Gasteiger partial charge in [0.05, 0.1) is 0 Å². The van der Waals surface area contributed by atoms with Gasteiger partial charge in [0.15, 0.2) is 0 Å². The van der Waals surface area contributed by atoms with Crippen molar-refractivity contribution in [1.29, 1.82) is 0 Å². The van der Waals surface area contributed by atoms with Crippen LogP contribution in [0.5, 0.6) is 0 Å². The number of anilines is 1. The number of aromatic amines is 1. The standard InChI is InChI=1S/C15H14N2O5/c1-6-3-4-7(2)8(5-6)9-10(14(19)20)12(16)17-13(18)11(9)15(21)22/h3-5H,1-2H3,(H,19,20)(H,21,22)(H3,16,17,18). The number of benzene rings is 1. The predicted molar refractivity (Wildman–Crippen MR) is 80.3 cm³/mol. The van der Waals surface area contributed by atoms with E-state index in [1.807, 2.05) is 0 Å². The van der Waals surface area contributed by atoms with Crippen LogP contribution >= 0.6 is 0 Å². The Balaban J connectivity index is 3.06. The molecular formula is C15H14N2O5. The van der Waals surface area contributed by atoms with Crippen LogP contribution in [0.25, 0.3) is 11.1 Å². The first kappa shape index (κ1) is 15.3. The number of carbonyl (C=O) groups is 2. The zero-order valence-corrected chi connectivity index (χ0v) is 11.9. The first-order chi connectivity index (χ1) is 10.2. The van der Waals surface area contributed by atoms with E-state index in [1.165, 1.54) is 0 Å². The highest BCUT2D eigenvalue weighted by Gasteiger charge is 2.27. The Morgan fingerprint density at radius 1 is 1.09 bits per heavy atom. The van der Waals surface area contributed by atoms with Crippen LogP contribution in [0, 0.1) is 13.8 Å². The normalized spacial score (nSPS) is 10.5. The van der Waals surface area contributed by atoms with Gasteiger partial charge in [-0.25, -0.2) is 9.59 Å². The quantitative estimate of drug-likeness (QED) is 0.681. The van der Waals surface area contributed by atoms with E-state index >= 15 is 0 Å². The number of carboxylic acids is 2. The Morgan fingerprint density at radius 3 is 2.23 bits per heavy atom. The number of nitrogens with one attached hydrogen (secondary N) is 1. The number of rotatable bonds is 3. The summed E-state index contributed by atoms with van der Waals surface area (Å²) >= 11 is 0. The van der Waals surface area contributed by atoms with Gasteiger partial charge in [-0.2, -0.15) is 0 Å². The molecule has 1 aromatic heterocycles. The summed E-state index contributed by atoms with van der Waals surface area (Å²) in [6, 6.07) is 5.15. The third-order valence-electron chi connectivity index (χ3n) is 3.33. The summed E-state index contributed by atoms with van der Waals surface area (Å²) in [6.45, 7) is 3.48. The van der Waals surface area contributed by atoms with Crippen LogP contribution in [0.3, 0.4) is 0 Å². The number of H-pyrrole nitrogens is 1. The second kappa shape index (κ2) is 5.36. The predicted octanol–water partition coefficient (Wildman–Crippen LogP) is 1.64. The number of nitrogen functional groups attached to an aromatic ring is 1. The minimum Gasteiger partial charge on any atom is -0.478 e. The third kappa shape index (κ3) is 2.44. The lowest BCUT2D eigenvalue weighted by Crippen LogP contribution is -2.24. The monoisotopic (exact) mass is 302 g/mol. The van der Waals surface area contributed by atoms with Crippen LogP contribution in [-0.2, 0) is 0 Å². The molecule has 1 aromatic carbocycles. The van der Waals surface area contributed by atoms with Crippen LogP contribution in [0.4, 0.5) is 5.82 Å². The lowest BCUT2D eigenvalue weighted by Gasteiger charge is -2.14. The summed E-state index contributed by atoms with van der Waals surface area (Å²) in [4.78, 5) is 37.0. The van der Waals surface area contributed by atoms with E-state index in [9.17, 15) is 24.6 Å².